The van der Waals surface area contributed by atoms with Crippen molar-refractivity contribution in [1.29, 1.82) is 0 Å². The van der Waals surface area contributed by atoms with Gasteiger partial charge in [0.25, 0.3) is 0 Å². The van der Waals surface area contributed by atoms with Crippen LogP contribution in [0.4, 0.5) is 20.6 Å². The van der Waals surface area contributed by atoms with Gasteiger partial charge in [-0.2, -0.15) is 0 Å². The summed E-state index contributed by atoms with van der Waals surface area (Å²) in [5.74, 6) is -0.667. The Kier molecular flexibility index (Phi) is 5.16. The number of hydrogen-bond donors (Lipinski definition) is 3. The first-order valence-corrected chi connectivity index (χ1v) is 6.97. The topological polar surface area (TPSA) is 96.7 Å². The number of nitrogens with two attached hydrogens (primary N) is 1. The number of rotatable bonds is 6. The Hall–Kier alpha value is -2.35. The van der Waals surface area contributed by atoms with Crippen LogP contribution >= 0.6 is 0 Å². The van der Waals surface area contributed by atoms with Crippen LogP contribution in [-0.4, -0.2) is 44.3 Å². The van der Waals surface area contributed by atoms with Crippen molar-refractivity contribution in [2.75, 3.05) is 36.4 Å². The van der Waals surface area contributed by atoms with Crippen molar-refractivity contribution in [2.24, 2.45) is 5.73 Å². The predicted octanol–water partition coefficient (Wildman–Crippen LogP) is 0.658. The van der Waals surface area contributed by atoms with E-state index < -0.39 is 18.0 Å². The molecule has 0 unspecified atom stereocenters. The molecule has 120 valence electrons. The number of amides is 2. The summed E-state index contributed by atoms with van der Waals surface area (Å²) in [6, 6.07) is 4.44. The lowest BCUT2D eigenvalue weighted by Gasteiger charge is -2.15. The maximum Gasteiger partial charge on any atom is 0.414 e. The smallest absolute Gasteiger partial charge is 0.414 e. The fourth-order valence-electron chi connectivity index (χ4n) is 2.12. The fraction of sp³-hybridized carbons (Fsp3) is 0.429. The van der Waals surface area contributed by atoms with E-state index in [-0.39, 0.29) is 19.0 Å². The second kappa shape index (κ2) is 7.08. The Morgan fingerprint density at radius 1 is 1.55 bits per heavy atom. The van der Waals surface area contributed by atoms with E-state index in [1.807, 2.05) is 0 Å². The highest BCUT2D eigenvalue weighted by atomic mass is 19.1. The predicted molar refractivity (Wildman–Crippen MR) is 80.2 cm³/mol. The highest BCUT2D eigenvalue weighted by Crippen LogP contribution is 2.25. The van der Waals surface area contributed by atoms with E-state index in [1.54, 1.807) is 12.1 Å². The van der Waals surface area contributed by atoms with Gasteiger partial charge in [0.15, 0.2) is 0 Å². The lowest BCUT2D eigenvalue weighted by Crippen LogP contribution is -2.33. The quantitative estimate of drug-likeness (QED) is 0.717. The molecule has 0 aliphatic carbocycles. The van der Waals surface area contributed by atoms with Crippen LogP contribution in [0.15, 0.2) is 18.2 Å². The highest BCUT2D eigenvalue weighted by molar-refractivity contribution is 5.90. The molecule has 0 aromatic heterocycles. The van der Waals surface area contributed by atoms with Gasteiger partial charge in [-0.25, -0.2) is 9.18 Å². The number of benzene rings is 1. The minimum absolute atomic E-state index is 0.198. The standard InChI is InChI=1S/C14H19FN4O3/c1-9(20)18-7-11-8-19(14(21)22-11)10-2-3-13(12(15)6-10)17-5-4-16/h2-3,6,11,17H,4-5,7-8,16H2,1H3,(H,18,20)/t11-/m0/s1. The van der Waals surface area contributed by atoms with Crippen LogP contribution in [0.25, 0.3) is 0 Å². The van der Waals surface area contributed by atoms with Crippen molar-refractivity contribution >= 4 is 23.4 Å². The second-order valence-corrected chi connectivity index (χ2v) is 4.93. The number of halogens is 1. The van der Waals surface area contributed by atoms with E-state index in [1.165, 1.54) is 17.9 Å². The summed E-state index contributed by atoms with van der Waals surface area (Å²) in [6.07, 6.45) is -1.01. The minimum atomic E-state index is -0.558. The van der Waals surface area contributed by atoms with Crippen molar-refractivity contribution in [3.05, 3.63) is 24.0 Å². The molecule has 22 heavy (non-hydrogen) atoms. The SMILES string of the molecule is CC(=O)NC[C@H]1CN(c2ccc(NCCN)c(F)c2)C(=O)O1. The Bertz CT molecular complexity index is 567. The van der Waals surface area contributed by atoms with Crippen molar-refractivity contribution in [3.63, 3.8) is 0 Å². The molecule has 1 fully saturated rings. The zero-order valence-electron chi connectivity index (χ0n) is 12.3. The summed E-state index contributed by atoms with van der Waals surface area (Å²) < 4.78 is 19.1. The van der Waals surface area contributed by atoms with Gasteiger partial charge in [-0.3, -0.25) is 9.69 Å². The van der Waals surface area contributed by atoms with Gasteiger partial charge in [-0.1, -0.05) is 0 Å². The molecule has 1 aromatic carbocycles. The lowest BCUT2D eigenvalue weighted by molar-refractivity contribution is -0.119. The molecular weight excluding hydrogens is 291 g/mol. The van der Waals surface area contributed by atoms with Crippen LogP contribution in [0.5, 0.6) is 0 Å². The normalized spacial score (nSPS) is 17.3. The van der Waals surface area contributed by atoms with Crippen LogP contribution in [0.1, 0.15) is 6.92 Å². The van der Waals surface area contributed by atoms with Crippen molar-refractivity contribution < 1.29 is 18.7 Å². The molecule has 1 saturated heterocycles. The maximum absolute atomic E-state index is 14.0. The molecule has 8 heteroatoms. The van der Waals surface area contributed by atoms with Crippen LogP contribution in [0.3, 0.4) is 0 Å². The van der Waals surface area contributed by atoms with E-state index in [4.69, 9.17) is 10.5 Å². The number of cyclic esters (lactones) is 1. The number of carbonyl (C=O) groups excluding carboxylic acids is 2. The number of hydrogen-bond acceptors (Lipinski definition) is 5. The fourth-order valence-corrected chi connectivity index (χ4v) is 2.12. The number of carbonyl (C=O) groups is 2. The van der Waals surface area contributed by atoms with E-state index in [2.05, 4.69) is 10.6 Å². The minimum Gasteiger partial charge on any atom is -0.442 e. The average Bonchev–Trinajstić information content (AvgIpc) is 2.85. The molecule has 0 bridgehead atoms. The summed E-state index contributed by atoms with van der Waals surface area (Å²) in [6.45, 7) is 2.73. The Morgan fingerprint density at radius 3 is 2.95 bits per heavy atom. The van der Waals surface area contributed by atoms with Gasteiger partial charge in [-0.15, -0.1) is 0 Å². The van der Waals surface area contributed by atoms with Crippen molar-refractivity contribution in [1.82, 2.24) is 5.32 Å². The van der Waals surface area contributed by atoms with Crippen LogP contribution in [-0.2, 0) is 9.53 Å². The van der Waals surface area contributed by atoms with Gasteiger partial charge in [-0.05, 0) is 18.2 Å². The zero-order chi connectivity index (χ0) is 16.1. The summed E-state index contributed by atoms with van der Waals surface area (Å²) in [5, 5.41) is 5.44. The van der Waals surface area contributed by atoms with E-state index in [0.717, 1.165) is 0 Å². The first-order chi connectivity index (χ1) is 10.5. The molecule has 1 atom stereocenters. The first-order valence-electron chi connectivity index (χ1n) is 6.97. The van der Waals surface area contributed by atoms with Crippen LogP contribution in [0, 0.1) is 5.82 Å². The lowest BCUT2D eigenvalue weighted by atomic mass is 10.2. The van der Waals surface area contributed by atoms with Crippen LogP contribution < -0.4 is 21.3 Å². The molecule has 1 aliphatic rings. The van der Waals surface area contributed by atoms with Gasteiger partial charge in [0, 0.05) is 20.0 Å². The summed E-state index contributed by atoms with van der Waals surface area (Å²) >= 11 is 0. The summed E-state index contributed by atoms with van der Waals surface area (Å²) in [4.78, 5) is 24.0. The molecule has 1 aliphatic heterocycles. The van der Waals surface area contributed by atoms with Crippen molar-refractivity contribution in [2.45, 2.75) is 13.0 Å². The molecule has 0 radical (unpaired) electrons. The Morgan fingerprint density at radius 2 is 2.32 bits per heavy atom. The monoisotopic (exact) mass is 310 g/mol. The average molecular weight is 310 g/mol. The zero-order valence-corrected chi connectivity index (χ0v) is 12.3. The van der Waals surface area contributed by atoms with Gasteiger partial charge < -0.3 is 21.1 Å². The Labute approximate surface area is 127 Å². The molecule has 7 nitrogen and oxygen atoms in total. The number of nitrogens with zero attached hydrogens (tertiary/aromatic N) is 1. The summed E-state index contributed by atoms with van der Waals surface area (Å²) in [5.41, 5.74) is 6.09. The summed E-state index contributed by atoms with van der Waals surface area (Å²) in [7, 11) is 0. The van der Waals surface area contributed by atoms with Gasteiger partial charge in [0.1, 0.15) is 11.9 Å². The third-order valence-corrected chi connectivity index (χ3v) is 3.18. The number of anilines is 2. The van der Waals surface area contributed by atoms with Crippen LogP contribution in [0.2, 0.25) is 0 Å². The van der Waals surface area contributed by atoms with E-state index in [9.17, 15) is 14.0 Å². The molecule has 2 amide bonds. The van der Waals surface area contributed by atoms with E-state index >= 15 is 0 Å². The van der Waals surface area contributed by atoms with Gasteiger partial charge in [0.2, 0.25) is 5.91 Å². The third kappa shape index (κ3) is 3.85. The number of nitrogens with one attached hydrogen (secondary N) is 2. The highest BCUT2D eigenvalue weighted by Gasteiger charge is 2.32. The van der Waals surface area contributed by atoms with Gasteiger partial charge >= 0.3 is 6.09 Å². The molecule has 1 aromatic rings. The largest absolute Gasteiger partial charge is 0.442 e. The third-order valence-electron chi connectivity index (χ3n) is 3.18. The molecular formula is C14H19FN4O3. The Balaban J connectivity index is 2.03. The number of ether oxygens (including phenoxy) is 1. The second-order valence-electron chi connectivity index (χ2n) is 4.93. The molecule has 2 rings (SSSR count). The maximum atomic E-state index is 14.0. The first kappa shape index (κ1) is 16.0. The van der Waals surface area contributed by atoms with Gasteiger partial charge in [0.05, 0.1) is 24.5 Å². The molecule has 1 heterocycles. The molecule has 0 saturated carbocycles. The van der Waals surface area contributed by atoms with E-state index in [0.29, 0.717) is 24.5 Å². The molecule has 4 N–H and O–H groups in total. The molecule has 0 spiro atoms. The van der Waals surface area contributed by atoms with Crippen molar-refractivity contribution in [3.8, 4) is 0 Å².